The van der Waals surface area contributed by atoms with Gasteiger partial charge < -0.3 is 29.6 Å². The van der Waals surface area contributed by atoms with Crippen LogP contribution in [0.4, 0.5) is 32.0 Å². The number of benzene rings is 2. The summed E-state index contributed by atoms with van der Waals surface area (Å²) in [5.41, 5.74) is 0.379. The van der Waals surface area contributed by atoms with Crippen molar-refractivity contribution in [1.82, 2.24) is 19.8 Å². The molecule has 1 aliphatic rings. The van der Waals surface area contributed by atoms with Crippen LogP contribution >= 0.6 is 0 Å². The van der Waals surface area contributed by atoms with E-state index in [1.807, 2.05) is 6.92 Å². The van der Waals surface area contributed by atoms with Crippen molar-refractivity contribution in [2.75, 3.05) is 58.1 Å². The molecule has 0 aliphatic carbocycles. The monoisotopic (exact) mass is 703 g/mol. The predicted octanol–water partition coefficient (Wildman–Crippen LogP) is 4.49. The van der Waals surface area contributed by atoms with Crippen LogP contribution in [0, 0.1) is 17.8 Å². The second-order valence-electron chi connectivity index (χ2n) is 11.5. The Balaban J connectivity index is 1.58. The molecule has 0 bridgehead atoms. The number of hydrogen-bond donors (Lipinski definition) is 2. The zero-order chi connectivity index (χ0) is 35.3. The number of nitrogens with one attached hydrogen (secondary N) is 2. The lowest BCUT2D eigenvalue weighted by Gasteiger charge is -2.37. The van der Waals surface area contributed by atoms with Gasteiger partial charge in [0.2, 0.25) is 0 Å². The molecule has 0 unspecified atom stereocenters. The van der Waals surface area contributed by atoms with Crippen molar-refractivity contribution in [3.8, 4) is 17.6 Å². The average Bonchev–Trinajstić information content (AvgIpc) is 3.38. The fraction of sp³-hybridized carbons (Fsp3) is 0.484. The molecular formula is C31H35F6N5O5S. The van der Waals surface area contributed by atoms with E-state index in [0.717, 1.165) is 42.9 Å². The van der Waals surface area contributed by atoms with Gasteiger partial charge in [-0.15, -0.1) is 0 Å². The van der Waals surface area contributed by atoms with Gasteiger partial charge in [0.15, 0.2) is 16.4 Å². The van der Waals surface area contributed by atoms with Crippen LogP contribution in [-0.4, -0.2) is 99.9 Å². The van der Waals surface area contributed by atoms with Gasteiger partial charge in [0.05, 0.1) is 41.1 Å². The average molecular weight is 704 g/mol. The van der Waals surface area contributed by atoms with Crippen LogP contribution in [0.5, 0.6) is 5.75 Å². The van der Waals surface area contributed by atoms with Crippen molar-refractivity contribution in [1.29, 1.82) is 0 Å². The van der Waals surface area contributed by atoms with Crippen LogP contribution in [0.2, 0.25) is 0 Å². The molecule has 3 aromatic rings. The third kappa shape index (κ3) is 10.2. The molecule has 0 saturated carbocycles. The summed E-state index contributed by atoms with van der Waals surface area (Å²) in [5.74, 6) is 4.72. The summed E-state index contributed by atoms with van der Waals surface area (Å²) in [6, 6.07) is 5.99. The number of halogens is 6. The van der Waals surface area contributed by atoms with Crippen LogP contribution in [-0.2, 0) is 21.1 Å². The Hall–Kier alpha value is -4.01. The number of sulfone groups is 1. The molecule has 1 aliphatic heterocycles. The number of carbonyl (C=O) groups excluding carboxylic acids is 1. The molecule has 2 N–H and O–H groups in total. The maximum Gasteiger partial charge on any atom is 0.422 e. The van der Waals surface area contributed by atoms with Crippen molar-refractivity contribution >= 4 is 32.5 Å². The Morgan fingerprint density at radius 1 is 1.12 bits per heavy atom. The number of amides is 1. The summed E-state index contributed by atoms with van der Waals surface area (Å²) in [6.07, 6.45) is -6.68. The quantitative estimate of drug-likeness (QED) is 0.222. The molecule has 0 radical (unpaired) electrons. The molecule has 17 heteroatoms. The molecule has 1 fully saturated rings. The third-order valence-corrected chi connectivity index (χ3v) is 8.72. The molecule has 262 valence electrons. The minimum Gasteiger partial charge on any atom is -0.482 e. The molecule has 2 aromatic carbocycles. The number of rotatable bonds is 11. The maximum atomic E-state index is 13.5. The van der Waals surface area contributed by atoms with Crippen LogP contribution in [0.3, 0.4) is 0 Å². The number of imidazole rings is 1. The molecule has 1 saturated heterocycles. The Morgan fingerprint density at radius 3 is 2.52 bits per heavy atom. The largest absolute Gasteiger partial charge is 0.482 e. The Labute approximate surface area is 273 Å². The van der Waals surface area contributed by atoms with E-state index < -0.39 is 41.2 Å². The molecule has 2 heterocycles. The van der Waals surface area contributed by atoms with Gasteiger partial charge in [0, 0.05) is 50.7 Å². The molecule has 1 aromatic heterocycles. The van der Waals surface area contributed by atoms with Gasteiger partial charge in [-0.3, -0.25) is 4.79 Å². The summed E-state index contributed by atoms with van der Waals surface area (Å²) < 4.78 is 113. The normalized spacial score (nSPS) is 17.5. The second-order valence-corrected chi connectivity index (χ2v) is 13.5. The third-order valence-electron chi connectivity index (χ3n) is 7.61. The van der Waals surface area contributed by atoms with Crippen LogP contribution in [0.15, 0.2) is 41.6 Å². The highest BCUT2D eigenvalue weighted by Crippen LogP contribution is 2.30. The summed E-state index contributed by atoms with van der Waals surface area (Å²) in [5, 5.41) is 5.77. The first-order valence-corrected chi connectivity index (χ1v) is 16.7. The second kappa shape index (κ2) is 15.0. The number of anilines is 1. The van der Waals surface area contributed by atoms with Gasteiger partial charge in [0.25, 0.3) is 5.91 Å². The smallest absolute Gasteiger partial charge is 0.422 e. The van der Waals surface area contributed by atoms with Gasteiger partial charge in [-0.05, 0) is 36.6 Å². The van der Waals surface area contributed by atoms with E-state index in [2.05, 4.69) is 32.4 Å². The summed E-state index contributed by atoms with van der Waals surface area (Å²) in [7, 11) is -2.13. The first kappa shape index (κ1) is 36.8. The number of likely N-dealkylation sites (tertiary alicyclic amines) is 1. The molecule has 2 atom stereocenters. The van der Waals surface area contributed by atoms with Crippen LogP contribution < -0.4 is 15.4 Å². The number of fused-ring (bicyclic) bond motifs is 1. The van der Waals surface area contributed by atoms with Gasteiger partial charge in [-0.1, -0.05) is 18.8 Å². The van der Waals surface area contributed by atoms with Crippen molar-refractivity contribution in [3.63, 3.8) is 0 Å². The fourth-order valence-corrected chi connectivity index (χ4v) is 5.92. The standard InChI is InChI=1S/C31H35F6N5O5S/c1-20-16-41(11-12-46-2)10-8-24(20)40-29(43)23-13-21(14-26-28(23)39-19-42(26)17-30(32,33)34)5-4-9-38-25-7-6-22(48(3,44)45)15-27(25)47-18-31(35,36)37/h6-7,13-15,19-20,24,38H,8-12,16-18H2,1-3H3,(H,40,43)/t20-,24-/m0/s1. The number of carbonyl (C=O) groups is 1. The molecule has 0 spiro atoms. The molecule has 10 nitrogen and oxygen atoms in total. The Kier molecular flexibility index (Phi) is 11.5. The van der Waals surface area contributed by atoms with E-state index in [4.69, 9.17) is 9.47 Å². The first-order chi connectivity index (χ1) is 22.4. The zero-order valence-electron chi connectivity index (χ0n) is 26.3. The fourth-order valence-electron chi connectivity index (χ4n) is 5.29. The highest BCUT2D eigenvalue weighted by Gasteiger charge is 2.31. The minimum atomic E-state index is -4.68. The van der Waals surface area contributed by atoms with E-state index >= 15 is 0 Å². The number of piperidine rings is 1. The van der Waals surface area contributed by atoms with E-state index in [1.54, 1.807) is 7.11 Å². The summed E-state index contributed by atoms with van der Waals surface area (Å²) in [6.45, 7) is 1.60. The number of nitrogens with zero attached hydrogens (tertiary/aromatic N) is 3. The molecule has 48 heavy (non-hydrogen) atoms. The van der Waals surface area contributed by atoms with Crippen molar-refractivity contribution in [2.45, 2.75) is 43.2 Å². The van der Waals surface area contributed by atoms with Crippen LogP contribution in [0.1, 0.15) is 29.3 Å². The predicted molar refractivity (Wildman–Crippen MR) is 166 cm³/mol. The van der Waals surface area contributed by atoms with E-state index in [9.17, 15) is 39.6 Å². The van der Waals surface area contributed by atoms with Gasteiger partial charge in [-0.2, -0.15) is 26.3 Å². The van der Waals surface area contributed by atoms with Gasteiger partial charge in [-0.25, -0.2) is 13.4 Å². The van der Waals surface area contributed by atoms with E-state index in [0.29, 0.717) is 13.0 Å². The van der Waals surface area contributed by atoms with Crippen molar-refractivity contribution < 1.29 is 49.0 Å². The number of methoxy groups -OCH3 is 1. The van der Waals surface area contributed by atoms with Crippen molar-refractivity contribution in [3.05, 3.63) is 47.8 Å². The lowest BCUT2D eigenvalue weighted by molar-refractivity contribution is -0.153. The topological polar surface area (TPSA) is 115 Å². The lowest BCUT2D eigenvalue weighted by Crippen LogP contribution is -2.50. The minimum absolute atomic E-state index is 0.0297. The maximum absolute atomic E-state index is 13.5. The number of hydrogen-bond acceptors (Lipinski definition) is 8. The Morgan fingerprint density at radius 2 is 1.88 bits per heavy atom. The molecule has 4 rings (SSSR count). The highest BCUT2D eigenvalue weighted by atomic mass is 32.2. The SMILES string of the molecule is COCCN1CC[C@H](NC(=O)c2cc(C#CCNc3ccc(S(C)(=O)=O)cc3OCC(F)(F)F)cc3c2ncn3CC(F)(F)F)[C@@H](C)C1. The summed E-state index contributed by atoms with van der Waals surface area (Å²) >= 11 is 0. The van der Waals surface area contributed by atoms with Gasteiger partial charge in [0.1, 0.15) is 17.8 Å². The van der Waals surface area contributed by atoms with Crippen molar-refractivity contribution in [2.24, 2.45) is 5.92 Å². The number of ether oxygens (including phenoxy) is 2. The van der Waals surface area contributed by atoms with Gasteiger partial charge >= 0.3 is 12.4 Å². The van der Waals surface area contributed by atoms with Crippen LogP contribution in [0.25, 0.3) is 11.0 Å². The molecular weight excluding hydrogens is 668 g/mol. The Bertz CT molecular complexity index is 1780. The van der Waals surface area contributed by atoms with E-state index in [1.165, 1.54) is 24.3 Å². The lowest BCUT2D eigenvalue weighted by atomic mass is 9.93. The zero-order valence-corrected chi connectivity index (χ0v) is 27.2. The highest BCUT2D eigenvalue weighted by molar-refractivity contribution is 7.90. The van der Waals surface area contributed by atoms with E-state index in [-0.39, 0.29) is 57.0 Å². The number of aromatic nitrogens is 2. The first-order valence-electron chi connectivity index (χ1n) is 14.8. The molecule has 1 amide bonds. The number of alkyl halides is 6. The summed E-state index contributed by atoms with van der Waals surface area (Å²) in [4.78, 5) is 19.6.